The molecule has 1 aliphatic rings. The van der Waals surface area contributed by atoms with Crippen molar-refractivity contribution in [3.63, 3.8) is 0 Å². The number of carbonyl (C=O) groups is 2. The average Bonchev–Trinajstić information content (AvgIpc) is 3.45. The van der Waals surface area contributed by atoms with Crippen molar-refractivity contribution in [3.8, 4) is 5.69 Å². The molecule has 5 N–H and O–H groups in total. The number of nitrogens with two attached hydrogens (primary N) is 1. The molecule has 8 nitrogen and oxygen atoms in total. The molecule has 2 aromatic carbocycles. The van der Waals surface area contributed by atoms with Gasteiger partial charge in [0.1, 0.15) is 17.2 Å². The van der Waals surface area contributed by atoms with Gasteiger partial charge in [0, 0.05) is 29.6 Å². The van der Waals surface area contributed by atoms with Crippen LogP contribution in [-0.2, 0) is 4.79 Å². The van der Waals surface area contributed by atoms with E-state index in [1.807, 2.05) is 0 Å². The fourth-order valence-electron chi connectivity index (χ4n) is 4.01. The van der Waals surface area contributed by atoms with E-state index in [0.717, 1.165) is 31.7 Å². The maximum absolute atomic E-state index is 14.7. The minimum Gasteiger partial charge on any atom is -0.475 e. The van der Waals surface area contributed by atoms with E-state index in [1.165, 1.54) is 23.0 Å². The summed E-state index contributed by atoms with van der Waals surface area (Å²) >= 11 is 0. The number of carboxylic acid groups (broad SMARTS) is 1. The summed E-state index contributed by atoms with van der Waals surface area (Å²) in [5.41, 5.74) is 6.12. The molecule has 0 spiro atoms. The normalized spacial score (nSPS) is 14.4. The highest BCUT2D eigenvalue weighted by Gasteiger charge is 2.38. The van der Waals surface area contributed by atoms with Crippen molar-refractivity contribution in [2.75, 3.05) is 18.5 Å². The van der Waals surface area contributed by atoms with E-state index in [2.05, 4.69) is 10.4 Å². The third-order valence-corrected chi connectivity index (χ3v) is 5.95. The van der Waals surface area contributed by atoms with Crippen LogP contribution in [-0.4, -0.2) is 51.2 Å². The monoisotopic (exact) mass is 530 g/mol. The second-order valence-corrected chi connectivity index (χ2v) is 8.51. The van der Waals surface area contributed by atoms with Crippen LogP contribution in [0.1, 0.15) is 43.5 Å². The highest BCUT2D eigenvalue weighted by molar-refractivity contribution is 6.04. The number of aliphatic hydroxyl groups excluding tert-OH is 1. The van der Waals surface area contributed by atoms with Gasteiger partial charge in [-0.1, -0.05) is 20.3 Å². The van der Waals surface area contributed by atoms with Crippen molar-refractivity contribution in [2.45, 2.75) is 39.3 Å². The van der Waals surface area contributed by atoms with Gasteiger partial charge < -0.3 is 21.3 Å². The van der Waals surface area contributed by atoms with Gasteiger partial charge in [-0.3, -0.25) is 4.79 Å². The van der Waals surface area contributed by atoms with Crippen LogP contribution in [0.4, 0.5) is 27.6 Å². The fourth-order valence-corrected chi connectivity index (χ4v) is 4.01. The summed E-state index contributed by atoms with van der Waals surface area (Å²) in [5, 5.41) is 24.6. The summed E-state index contributed by atoms with van der Waals surface area (Å²) in [7, 11) is 0. The average molecular weight is 530 g/mol. The lowest BCUT2D eigenvalue weighted by molar-refractivity contribution is -0.192. The number of rotatable bonds is 6. The minimum atomic E-state index is -5.08. The summed E-state index contributed by atoms with van der Waals surface area (Å²) in [6.07, 6.45) is 0.435. The van der Waals surface area contributed by atoms with Crippen LogP contribution >= 0.6 is 0 Å². The van der Waals surface area contributed by atoms with Crippen molar-refractivity contribution in [3.05, 3.63) is 53.7 Å². The number of hydrogen-bond donors (Lipinski definition) is 4. The predicted molar refractivity (Wildman–Crippen MR) is 126 cm³/mol. The van der Waals surface area contributed by atoms with Crippen LogP contribution in [0.5, 0.6) is 0 Å². The molecular weight excluding hydrogens is 503 g/mol. The maximum Gasteiger partial charge on any atom is 0.490 e. The molecule has 202 valence electrons. The zero-order chi connectivity index (χ0) is 26.7. The summed E-state index contributed by atoms with van der Waals surface area (Å²) in [6, 6.07) is 6.88. The van der Waals surface area contributed by atoms with Gasteiger partial charge in [0.15, 0.2) is 0 Å². The van der Waals surface area contributed by atoms with Crippen LogP contribution < -0.4 is 11.1 Å². The number of carboxylic acids is 1. The van der Waals surface area contributed by atoms with E-state index >= 15 is 0 Å². The van der Waals surface area contributed by atoms with Gasteiger partial charge in [-0.25, -0.2) is 18.3 Å². The standard InChI is InChI=1S/C21H22F2N4O2.C2HF3O2.CH4/c22-14-7-13-10-27(26-19(13)16(8-14)20(24)29)15-3-4-18(17(23)9-15)25-11-21(12-28)5-1-2-6-21;3-2(4,5)1(6)7;/h3-4,7-10,25,28H,1-2,5-6,11-12H2,(H2,24,29);(H,6,7);1H4. The Morgan fingerprint density at radius 2 is 1.76 bits per heavy atom. The molecule has 0 radical (unpaired) electrons. The quantitative estimate of drug-likeness (QED) is 0.344. The highest BCUT2D eigenvalue weighted by Crippen LogP contribution is 2.38. The number of nitrogens with one attached hydrogen (secondary N) is 1. The molecule has 4 rings (SSSR count). The number of halogens is 5. The van der Waals surface area contributed by atoms with E-state index in [1.54, 1.807) is 12.1 Å². The van der Waals surface area contributed by atoms with Crippen LogP contribution in [0.3, 0.4) is 0 Å². The van der Waals surface area contributed by atoms with Crippen molar-refractivity contribution in [1.29, 1.82) is 0 Å². The van der Waals surface area contributed by atoms with Gasteiger partial charge in [0.05, 0.1) is 23.5 Å². The smallest absolute Gasteiger partial charge is 0.475 e. The molecular formula is C24H27F5N4O4. The Balaban J connectivity index is 0.000000532. The lowest BCUT2D eigenvalue weighted by atomic mass is 9.87. The number of fused-ring (bicyclic) bond motifs is 1. The Kier molecular flexibility index (Phi) is 9.20. The first kappa shape index (κ1) is 29.5. The number of carbonyl (C=O) groups excluding carboxylic acids is 1. The van der Waals surface area contributed by atoms with E-state index in [-0.39, 0.29) is 30.5 Å². The number of aliphatic carboxylic acids is 1. The van der Waals surface area contributed by atoms with Crippen molar-refractivity contribution in [2.24, 2.45) is 11.1 Å². The van der Waals surface area contributed by atoms with Gasteiger partial charge >= 0.3 is 12.1 Å². The Labute approximate surface area is 208 Å². The molecule has 1 amide bonds. The molecule has 0 unspecified atom stereocenters. The topological polar surface area (TPSA) is 130 Å². The molecule has 37 heavy (non-hydrogen) atoms. The number of aromatic nitrogens is 2. The molecule has 1 fully saturated rings. The largest absolute Gasteiger partial charge is 0.490 e. The summed E-state index contributed by atoms with van der Waals surface area (Å²) in [6.45, 7) is 0.588. The van der Waals surface area contributed by atoms with Gasteiger partial charge in [-0.2, -0.15) is 18.3 Å². The molecule has 1 saturated carbocycles. The first-order valence-electron chi connectivity index (χ1n) is 10.8. The Morgan fingerprint density at radius 3 is 2.27 bits per heavy atom. The highest BCUT2D eigenvalue weighted by atomic mass is 19.4. The number of aliphatic hydroxyl groups is 1. The number of hydrogen-bond acceptors (Lipinski definition) is 5. The molecule has 0 bridgehead atoms. The third-order valence-electron chi connectivity index (χ3n) is 5.95. The SMILES string of the molecule is C.NC(=O)c1cc(F)cc2cn(-c3ccc(NCC4(CO)CCCC4)c(F)c3)nc12.O=C(O)C(F)(F)F. The van der Waals surface area contributed by atoms with Gasteiger partial charge in [-0.15, -0.1) is 0 Å². The number of benzene rings is 2. The Hall–Kier alpha value is -3.74. The molecule has 13 heteroatoms. The lowest BCUT2D eigenvalue weighted by Crippen LogP contribution is -2.30. The molecule has 0 atom stereocenters. The number of anilines is 1. The zero-order valence-corrected chi connectivity index (χ0v) is 18.8. The number of nitrogens with zero attached hydrogens (tertiary/aromatic N) is 2. The van der Waals surface area contributed by atoms with Crippen LogP contribution in [0.25, 0.3) is 16.6 Å². The molecule has 1 aliphatic carbocycles. The summed E-state index contributed by atoms with van der Waals surface area (Å²) in [4.78, 5) is 20.5. The molecule has 0 saturated heterocycles. The zero-order valence-electron chi connectivity index (χ0n) is 18.8. The van der Waals surface area contributed by atoms with Gasteiger partial charge in [0.2, 0.25) is 0 Å². The predicted octanol–water partition coefficient (Wildman–Crippen LogP) is 4.64. The van der Waals surface area contributed by atoms with Crippen LogP contribution in [0.2, 0.25) is 0 Å². The number of primary amides is 1. The van der Waals surface area contributed by atoms with E-state index in [0.29, 0.717) is 23.3 Å². The molecule has 1 aromatic heterocycles. The Bertz CT molecular complexity index is 1270. The van der Waals surface area contributed by atoms with Crippen LogP contribution in [0.15, 0.2) is 36.5 Å². The Morgan fingerprint density at radius 1 is 1.14 bits per heavy atom. The van der Waals surface area contributed by atoms with Crippen molar-refractivity contribution >= 4 is 28.5 Å². The van der Waals surface area contributed by atoms with E-state index in [9.17, 15) is 31.9 Å². The maximum atomic E-state index is 14.7. The lowest BCUT2D eigenvalue weighted by Gasteiger charge is -2.27. The van der Waals surface area contributed by atoms with Crippen molar-refractivity contribution in [1.82, 2.24) is 9.78 Å². The van der Waals surface area contributed by atoms with Gasteiger partial charge in [0.25, 0.3) is 5.91 Å². The summed E-state index contributed by atoms with van der Waals surface area (Å²) < 4.78 is 61.5. The number of alkyl halides is 3. The van der Waals surface area contributed by atoms with Gasteiger partial charge in [-0.05, 0) is 37.1 Å². The van der Waals surface area contributed by atoms with E-state index in [4.69, 9.17) is 15.6 Å². The van der Waals surface area contributed by atoms with Crippen LogP contribution in [0, 0.1) is 17.0 Å². The minimum absolute atomic E-state index is 0. The molecule has 3 aromatic rings. The fraction of sp³-hybridized carbons (Fsp3) is 0.375. The second-order valence-electron chi connectivity index (χ2n) is 8.51. The number of amides is 1. The first-order chi connectivity index (χ1) is 16.8. The first-order valence-corrected chi connectivity index (χ1v) is 10.8. The van der Waals surface area contributed by atoms with Crippen molar-refractivity contribution < 1.29 is 41.8 Å². The molecule has 0 aliphatic heterocycles. The third kappa shape index (κ3) is 6.94. The second kappa shape index (κ2) is 11.5. The van der Waals surface area contributed by atoms with E-state index < -0.39 is 29.7 Å². The molecule has 1 heterocycles. The summed E-state index contributed by atoms with van der Waals surface area (Å²) in [5.74, 6) is -4.60.